The van der Waals surface area contributed by atoms with Gasteiger partial charge in [-0.15, -0.1) is 0 Å². The van der Waals surface area contributed by atoms with Crippen molar-refractivity contribution in [1.29, 1.82) is 0 Å². The summed E-state index contributed by atoms with van der Waals surface area (Å²) in [5.41, 5.74) is 0. The number of carbonyl (C=O) groups is 1. The molecule has 0 radical (unpaired) electrons. The van der Waals surface area contributed by atoms with Crippen LogP contribution >= 0.6 is 0 Å². The van der Waals surface area contributed by atoms with E-state index in [-0.39, 0.29) is 0 Å². The average Bonchev–Trinajstić information content (AvgIpc) is 2.18. The number of aliphatic hydroxyl groups excluding tert-OH is 4. The molecular formula is C8H15NO6. The summed E-state index contributed by atoms with van der Waals surface area (Å²) in [6, 6.07) is -1.10. The molecule has 1 fully saturated rings. The molecule has 7 nitrogen and oxygen atoms in total. The Labute approximate surface area is 86.3 Å². The predicted octanol–water partition coefficient (Wildman–Crippen LogP) is -3.08. The molecule has 7 heteroatoms. The summed E-state index contributed by atoms with van der Waals surface area (Å²) < 4.78 is 4.81. The monoisotopic (exact) mass is 221 g/mol. The number of ether oxygens (including phenoxy) is 1. The first-order valence-corrected chi connectivity index (χ1v) is 4.55. The number of hydrogen-bond acceptors (Lipinski definition) is 6. The molecule has 88 valence electrons. The average molecular weight is 221 g/mol. The van der Waals surface area contributed by atoms with Crippen LogP contribution in [0, 0.1) is 0 Å². The lowest BCUT2D eigenvalue weighted by atomic mass is 9.97. The Morgan fingerprint density at radius 1 is 1.33 bits per heavy atom. The number of rotatable bonds is 2. The molecule has 1 aliphatic heterocycles. The molecule has 5 atom stereocenters. The van der Waals surface area contributed by atoms with Gasteiger partial charge in [-0.3, -0.25) is 4.79 Å². The third-order valence-electron chi connectivity index (χ3n) is 2.27. The van der Waals surface area contributed by atoms with Crippen molar-refractivity contribution in [3.63, 3.8) is 0 Å². The van der Waals surface area contributed by atoms with E-state index in [1.54, 1.807) is 0 Å². The van der Waals surface area contributed by atoms with Crippen LogP contribution in [0.1, 0.15) is 6.92 Å². The first-order valence-electron chi connectivity index (χ1n) is 4.55. The fraction of sp³-hybridized carbons (Fsp3) is 0.875. The van der Waals surface area contributed by atoms with E-state index in [1.807, 2.05) is 0 Å². The SMILES string of the molecule is CC(=O)N[C@H]1[C@@H](O)[C@@H](O)[C@@H](CO)O[C@H]1O. The maximum Gasteiger partial charge on any atom is 0.217 e. The van der Waals surface area contributed by atoms with E-state index < -0.39 is 43.2 Å². The van der Waals surface area contributed by atoms with Crippen molar-refractivity contribution in [3.8, 4) is 0 Å². The van der Waals surface area contributed by atoms with Gasteiger partial charge in [-0.25, -0.2) is 0 Å². The molecule has 0 aromatic carbocycles. The van der Waals surface area contributed by atoms with E-state index in [0.717, 1.165) is 0 Å². The van der Waals surface area contributed by atoms with Crippen molar-refractivity contribution in [2.45, 2.75) is 37.6 Å². The van der Waals surface area contributed by atoms with Crippen LogP contribution in [0.5, 0.6) is 0 Å². The zero-order chi connectivity index (χ0) is 11.6. The summed E-state index contributed by atoms with van der Waals surface area (Å²) in [5.74, 6) is -0.462. The first-order chi connectivity index (χ1) is 6.97. The standard InChI is InChI=1S/C8H15NO6/c1-3(11)9-5-7(13)6(12)4(2-10)15-8(5)14/h4-8,10,12-14H,2H2,1H3,(H,9,11)/t4-,5+,6+,7-,8-/m1/s1. The van der Waals surface area contributed by atoms with Crippen LogP contribution in [0.4, 0.5) is 0 Å². The lowest BCUT2D eigenvalue weighted by Gasteiger charge is -2.40. The van der Waals surface area contributed by atoms with E-state index >= 15 is 0 Å². The normalized spacial score (nSPS) is 41.3. The van der Waals surface area contributed by atoms with Gasteiger partial charge in [0.15, 0.2) is 6.29 Å². The lowest BCUT2D eigenvalue weighted by molar-refractivity contribution is -0.253. The molecule has 0 aromatic heterocycles. The van der Waals surface area contributed by atoms with Crippen LogP contribution in [0.15, 0.2) is 0 Å². The van der Waals surface area contributed by atoms with Crippen molar-refractivity contribution < 1.29 is 30.0 Å². The quantitative estimate of drug-likeness (QED) is 0.337. The molecule has 5 N–H and O–H groups in total. The fourth-order valence-corrected chi connectivity index (χ4v) is 1.49. The number of aliphatic hydroxyl groups is 4. The van der Waals surface area contributed by atoms with Crippen molar-refractivity contribution in [1.82, 2.24) is 5.32 Å². The van der Waals surface area contributed by atoms with Crippen molar-refractivity contribution in [2.24, 2.45) is 0 Å². The predicted molar refractivity (Wildman–Crippen MR) is 47.6 cm³/mol. The van der Waals surface area contributed by atoms with Gasteiger partial charge in [0.05, 0.1) is 6.61 Å². The first kappa shape index (κ1) is 12.3. The summed E-state index contributed by atoms with van der Waals surface area (Å²) in [7, 11) is 0. The van der Waals surface area contributed by atoms with Crippen molar-refractivity contribution in [3.05, 3.63) is 0 Å². The topological polar surface area (TPSA) is 119 Å². The van der Waals surface area contributed by atoms with Gasteiger partial charge in [0, 0.05) is 6.92 Å². The molecule has 0 unspecified atom stereocenters. The molecular weight excluding hydrogens is 206 g/mol. The molecule has 0 saturated carbocycles. The van der Waals surface area contributed by atoms with Gasteiger partial charge < -0.3 is 30.5 Å². The van der Waals surface area contributed by atoms with Crippen LogP contribution < -0.4 is 5.32 Å². The van der Waals surface area contributed by atoms with Gasteiger partial charge in [0.2, 0.25) is 5.91 Å². The van der Waals surface area contributed by atoms with E-state index in [1.165, 1.54) is 6.92 Å². The van der Waals surface area contributed by atoms with Crippen LogP contribution in [0.3, 0.4) is 0 Å². The van der Waals surface area contributed by atoms with Gasteiger partial charge in [-0.1, -0.05) is 0 Å². The Bertz CT molecular complexity index is 235. The number of carbonyl (C=O) groups excluding carboxylic acids is 1. The highest BCUT2D eigenvalue weighted by atomic mass is 16.6. The lowest BCUT2D eigenvalue weighted by Crippen LogP contribution is -2.63. The molecule has 0 spiro atoms. The summed E-state index contributed by atoms with van der Waals surface area (Å²) in [4.78, 5) is 10.7. The summed E-state index contributed by atoms with van der Waals surface area (Å²) in [6.45, 7) is 0.687. The molecule has 0 aliphatic carbocycles. The highest BCUT2D eigenvalue weighted by Crippen LogP contribution is 2.19. The molecule has 15 heavy (non-hydrogen) atoms. The van der Waals surface area contributed by atoms with E-state index in [2.05, 4.69) is 5.32 Å². The molecule has 0 bridgehead atoms. The second-order valence-corrected chi connectivity index (χ2v) is 3.46. The summed E-state index contributed by atoms with van der Waals surface area (Å²) in [6.07, 6.45) is -5.24. The minimum absolute atomic E-state index is 0.462. The zero-order valence-electron chi connectivity index (χ0n) is 8.20. The summed E-state index contributed by atoms with van der Waals surface area (Å²) in [5, 5.41) is 39.4. The number of nitrogens with one attached hydrogen (secondary N) is 1. The molecule has 1 rings (SSSR count). The highest BCUT2D eigenvalue weighted by Gasteiger charge is 2.43. The van der Waals surface area contributed by atoms with Gasteiger partial charge >= 0.3 is 0 Å². The number of hydrogen-bond donors (Lipinski definition) is 5. The Balaban J connectivity index is 2.70. The molecule has 1 heterocycles. The third-order valence-corrected chi connectivity index (χ3v) is 2.27. The second kappa shape index (κ2) is 4.86. The molecule has 1 saturated heterocycles. The second-order valence-electron chi connectivity index (χ2n) is 3.46. The van der Waals surface area contributed by atoms with E-state index in [4.69, 9.17) is 9.84 Å². The number of amides is 1. The Morgan fingerprint density at radius 3 is 2.40 bits per heavy atom. The van der Waals surface area contributed by atoms with Crippen LogP contribution in [0.2, 0.25) is 0 Å². The van der Waals surface area contributed by atoms with Crippen LogP contribution in [0.25, 0.3) is 0 Å². The van der Waals surface area contributed by atoms with Gasteiger partial charge in [0.25, 0.3) is 0 Å². The van der Waals surface area contributed by atoms with Gasteiger partial charge in [0.1, 0.15) is 24.4 Å². The minimum atomic E-state index is -1.45. The van der Waals surface area contributed by atoms with E-state index in [9.17, 15) is 20.1 Å². The molecule has 1 amide bonds. The van der Waals surface area contributed by atoms with Gasteiger partial charge in [-0.2, -0.15) is 0 Å². The largest absolute Gasteiger partial charge is 0.394 e. The molecule has 1 aliphatic rings. The van der Waals surface area contributed by atoms with Gasteiger partial charge in [-0.05, 0) is 0 Å². The maximum absolute atomic E-state index is 10.7. The zero-order valence-corrected chi connectivity index (χ0v) is 8.20. The summed E-state index contributed by atoms with van der Waals surface area (Å²) >= 11 is 0. The highest BCUT2D eigenvalue weighted by molar-refractivity contribution is 5.73. The molecule has 0 aromatic rings. The van der Waals surface area contributed by atoms with Crippen molar-refractivity contribution >= 4 is 5.91 Å². The smallest absolute Gasteiger partial charge is 0.217 e. The Morgan fingerprint density at radius 2 is 1.93 bits per heavy atom. The fourth-order valence-electron chi connectivity index (χ4n) is 1.49. The Kier molecular flexibility index (Phi) is 4.00. The van der Waals surface area contributed by atoms with E-state index in [0.29, 0.717) is 0 Å². The Hall–Kier alpha value is -0.730. The third kappa shape index (κ3) is 2.64. The minimum Gasteiger partial charge on any atom is -0.394 e. The van der Waals surface area contributed by atoms with Crippen molar-refractivity contribution in [2.75, 3.05) is 6.61 Å². The van der Waals surface area contributed by atoms with Crippen LogP contribution in [-0.2, 0) is 9.53 Å². The maximum atomic E-state index is 10.7. The van der Waals surface area contributed by atoms with Crippen LogP contribution in [-0.4, -0.2) is 63.6 Å².